The molecule has 1 aromatic rings. The van der Waals surface area contributed by atoms with Gasteiger partial charge in [-0.05, 0) is 37.1 Å². The van der Waals surface area contributed by atoms with Crippen molar-refractivity contribution in [3.05, 3.63) is 54.3 Å². The van der Waals surface area contributed by atoms with Crippen molar-refractivity contribution < 1.29 is 19.2 Å². The number of hydrogen-bond donors (Lipinski definition) is 3. The van der Waals surface area contributed by atoms with E-state index in [1.807, 2.05) is 32.9 Å². The third-order valence-corrected chi connectivity index (χ3v) is 4.44. The SMILES string of the molecule is C=C1C=CC(=O)N1CCC(=O)NCC(=O)NC(C)C(=O)Nc1ccc(CC)cc1.CC.CCC. The predicted molar refractivity (Wildman–Crippen MR) is 137 cm³/mol. The Labute approximate surface area is 203 Å². The van der Waals surface area contributed by atoms with Gasteiger partial charge in [0, 0.05) is 30.4 Å². The topological polar surface area (TPSA) is 108 Å². The summed E-state index contributed by atoms with van der Waals surface area (Å²) >= 11 is 0. The van der Waals surface area contributed by atoms with E-state index < -0.39 is 11.9 Å². The molecule has 0 aromatic heterocycles. The summed E-state index contributed by atoms with van der Waals surface area (Å²) in [7, 11) is 0. The summed E-state index contributed by atoms with van der Waals surface area (Å²) in [5, 5.41) is 7.74. The molecule has 188 valence electrons. The van der Waals surface area contributed by atoms with Crippen molar-refractivity contribution in [1.82, 2.24) is 15.5 Å². The minimum absolute atomic E-state index is 0.0452. The van der Waals surface area contributed by atoms with E-state index in [4.69, 9.17) is 0 Å². The Balaban J connectivity index is 0.00000201. The fourth-order valence-electron chi connectivity index (χ4n) is 2.66. The molecule has 1 unspecified atom stereocenters. The van der Waals surface area contributed by atoms with E-state index in [0.717, 1.165) is 12.0 Å². The van der Waals surface area contributed by atoms with Crippen molar-refractivity contribution in [2.24, 2.45) is 0 Å². The average molecular weight is 473 g/mol. The first-order valence-electron chi connectivity index (χ1n) is 11.9. The van der Waals surface area contributed by atoms with Crippen molar-refractivity contribution in [2.45, 2.75) is 66.8 Å². The molecule has 4 amide bonds. The molecule has 8 nitrogen and oxygen atoms in total. The predicted octanol–water partition coefficient (Wildman–Crippen LogP) is 3.55. The largest absolute Gasteiger partial charge is 0.347 e. The lowest BCUT2D eigenvalue weighted by molar-refractivity contribution is -0.128. The molecule has 1 aromatic carbocycles. The second kappa shape index (κ2) is 17.1. The molecule has 0 aliphatic carbocycles. The van der Waals surface area contributed by atoms with E-state index >= 15 is 0 Å². The molecule has 1 aliphatic rings. The summed E-state index contributed by atoms with van der Waals surface area (Å²) < 4.78 is 0. The summed E-state index contributed by atoms with van der Waals surface area (Å²) in [6, 6.07) is 6.70. The van der Waals surface area contributed by atoms with Gasteiger partial charge in [0.05, 0.1) is 6.54 Å². The molecule has 1 aliphatic heterocycles. The zero-order valence-electron chi connectivity index (χ0n) is 21.4. The first-order chi connectivity index (χ1) is 16.2. The lowest BCUT2D eigenvalue weighted by atomic mass is 10.1. The number of nitrogens with zero attached hydrogens (tertiary/aromatic N) is 1. The van der Waals surface area contributed by atoms with Crippen LogP contribution in [-0.2, 0) is 25.6 Å². The van der Waals surface area contributed by atoms with E-state index in [1.165, 1.54) is 17.4 Å². The quantitative estimate of drug-likeness (QED) is 0.511. The molecule has 0 saturated carbocycles. The number of aryl methyl sites for hydroxylation is 1. The summed E-state index contributed by atoms with van der Waals surface area (Å²) in [6.45, 7) is 15.5. The highest BCUT2D eigenvalue weighted by Crippen LogP contribution is 2.13. The highest BCUT2D eigenvalue weighted by molar-refractivity contribution is 5.97. The van der Waals surface area contributed by atoms with E-state index in [2.05, 4.69) is 36.4 Å². The lowest BCUT2D eigenvalue weighted by Gasteiger charge is -2.17. The zero-order chi connectivity index (χ0) is 26.1. The van der Waals surface area contributed by atoms with Crippen molar-refractivity contribution in [3.63, 3.8) is 0 Å². The maximum atomic E-state index is 12.2. The number of amides is 4. The van der Waals surface area contributed by atoms with Gasteiger partial charge in [-0.15, -0.1) is 0 Å². The van der Waals surface area contributed by atoms with Crippen molar-refractivity contribution >= 4 is 29.3 Å². The molecule has 8 heteroatoms. The smallest absolute Gasteiger partial charge is 0.251 e. The standard InChI is InChI=1S/C21H26N4O4.C3H8.C2H6/c1-4-16-6-8-17(9-7-16)24-21(29)15(3)23-19(27)13-22-18(26)11-12-25-14(2)5-10-20(25)28;1-3-2;1-2/h5-10,15H,2,4,11-13H2,1,3H3,(H,22,26)(H,23,27)(H,24,29);3H2,1-2H3;1-2H3. The molecule has 0 fully saturated rings. The van der Waals surface area contributed by atoms with Crippen LogP contribution >= 0.6 is 0 Å². The average Bonchev–Trinajstić information content (AvgIpc) is 3.15. The molecule has 0 spiro atoms. The Morgan fingerprint density at radius 3 is 2.09 bits per heavy atom. The van der Waals surface area contributed by atoms with Crippen LogP contribution < -0.4 is 16.0 Å². The van der Waals surface area contributed by atoms with Crippen LogP contribution in [0.2, 0.25) is 0 Å². The van der Waals surface area contributed by atoms with Gasteiger partial charge in [-0.25, -0.2) is 0 Å². The monoisotopic (exact) mass is 472 g/mol. The van der Waals surface area contributed by atoms with Crippen LogP contribution in [0.25, 0.3) is 0 Å². The number of rotatable bonds is 9. The molecule has 1 heterocycles. The molecular formula is C26H40N4O4. The third-order valence-electron chi connectivity index (χ3n) is 4.44. The molecule has 2 rings (SSSR count). The number of anilines is 1. The van der Waals surface area contributed by atoms with Gasteiger partial charge in [0.2, 0.25) is 17.7 Å². The van der Waals surface area contributed by atoms with Crippen LogP contribution in [0, 0.1) is 0 Å². The Bertz CT molecular complexity index is 829. The van der Waals surface area contributed by atoms with Gasteiger partial charge < -0.3 is 20.9 Å². The van der Waals surface area contributed by atoms with E-state index in [9.17, 15) is 19.2 Å². The van der Waals surface area contributed by atoms with Crippen LogP contribution in [0.1, 0.15) is 59.9 Å². The summed E-state index contributed by atoms with van der Waals surface area (Å²) in [5.41, 5.74) is 2.34. The van der Waals surface area contributed by atoms with Gasteiger partial charge in [-0.2, -0.15) is 0 Å². The number of carbonyl (C=O) groups is 4. The highest BCUT2D eigenvalue weighted by atomic mass is 16.2. The highest BCUT2D eigenvalue weighted by Gasteiger charge is 2.20. The van der Waals surface area contributed by atoms with Crippen molar-refractivity contribution in [1.29, 1.82) is 0 Å². The maximum absolute atomic E-state index is 12.2. The fraction of sp³-hybridized carbons (Fsp3) is 0.462. The molecule has 0 bridgehead atoms. The Morgan fingerprint density at radius 2 is 1.59 bits per heavy atom. The van der Waals surface area contributed by atoms with E-state index in [0.29, 0.717) is 11.4 Å². The van der Waals surface area contributed by atoms with Crippen LogP contribution in [0.15, 0.2) is 48.7 Å². The number of carbonyl (C=O) groups excluding carboxylic acids is 4. The van der Waals surface area contributed by atoms with Gasteiger partial charge in [0.15, 0.2) is 0 Å². The van der Waals surface area contributed by atoms with Crippen LogP contribution in [-0.4, -0.2) is 47.7 Å². The third kappa shape index (κ3) is 11.4. The first-order valence-corrected chi connectivity index (χ1v) is 11.9. The number of benzene rings is 1. The van der Waals surface area contributed by atoms with Gasteiger partial charge in [-0.3, -0.25) is 19.2 Å². The van der Waals surface area contributed by atoms with E-state index in [1.54, 1.807) is 25.1 Å². The molecule has 0 saturated heterocycles. The summed E-state index contributed by atoms with van der Waals surface area (Å²) in [6.07, 6.45) is 5.17. The van der Waals surface area contributed by atoms with Crippen molar-refractivity contribution in [2.75, 3.05) is 18.4 Å². The van der Waals surface area contributed by atoms with Crippen LogP contribution in [0.5, 0.6) is 0 Å². The van der Waals surface area contributed by atoms with Crippen LogP contribution in [0.4, 0.5) is 5.69 Å². The lowest BCUT2D eigenvalue weighted by Crippen LogP contribution is -2.46. The maximum Gasteiger partial charge on any atom is 0.251 e. The summed E-state index contributed by atoms with van der Waals surface area (Å²) in [4.78, 5) is 49.0. The van der Waals surface area contributed by atoms with E-state index in [-0.39, 0.29) is 37.2 Å². The molecule has 0 radical (unpaired) electrons. The van der Waals surface area contributed by atoms with Crippen LogP contribution in [0.3, 0.4) is 0 Å². The van der Waals surface area contributed by atoms with Gasteiger partial charge in [0.1, 0.15) is 6.04 Å². The molecule has 1 atom stereocenters. The number of allylic oxidation sites excluding steroid dienone is 1. The summed E-state index contributed by atoms with van der Waals surface area (Å²) in [5.74, 6) is -1.43. The minimum atomic E-state index is -0.762. The Kier molecular flexibility index (Phi) is 15.4. The number of nitrogens with one attached hydrogen (secondary N) is 3. The molecule has 3 N–H and O–H groups in total. The normalized spacial score (nSPS) is 12.6. The fourth-order valence-corrected chi connectivity index (χ4v) is 2.66. The second-order valence-electron chi connectivity index (χ2n) is 7.38. The Hall–Kier alpha value is -3.42. The number of hydrogen-bond acceptors (Lipinski definition) is 4. The molecule has 34 heavy (non-hydrogen) atoms. The minimum Gasteiger partial charge on any atom is -0.347 e. The van der Waals surface area contributed by atoms with Crippen molar-refractivity contribution in [3.8, 4) is 0 Å². The van der Waals surface area contributed by atoms with Gasteiger partial charge in [0.25, 0.3) is 5.91 Å². The second-order valence-corrected chi connectivity index (χ2v) is 7.38. The zero-order valence-corrected chi connectivity index (χ0v) is 21.4. The van der Waals surface area contributed by atoms with Gasteiger partial charge >= 0.3 is 0 Å². The first kappa shape index (κ1) is 30.6. The molecular weight excluding hydrogens is 432 g/mol. The van der Waals surface area contributed by atoms with Gasteiger partial charge in [-0.1, -0.05) is 59.8 Å². The Morgan fingerprint density at radius 1 is 1.00 bits per heavy atom.